The predicted molar refractivity (Wildman–Crippen MR) is 87.6 cm³/mol. The van der Waals surface area contributed by atoms with Gasteiger partial charge in [-0.2, -0.15) is 0 Å². The van der Waals surface area contributed by atoms with Crippen LogP contribution in [-0.4, -0.2) is 59.9 Å². The number of hydrogen-bond acceptors (Lipinski definition) is 2. The van der Waals surface area contributed by atoms with Gasteiger partial charge in [-0.1, -0.05) is 53.4 Å². The van der Waals surface area contributed by atoms with Crippen LogP contribution < -0.4 is 0 Å². The van der Waals surface area contributed by atoms with E-state index in [1.165, 1.54) is 0 Å². The maximum Gasteiger partial charge on any atom is 0.306 e. The van der Waals surface area contributed by atoms with Gasteiger partial charge in [-0.15, -0.1) is 0 Å². The summed E-state index contributed by atoms with van der Waals surface area (Å²) >= 11 is 0. The third-order valence-electron chi connectivity index (χ3n) is 3.50. The molecule has 4 nitrogen and oxygen atoms in total. The first-order valence-corrected chi connectivity index (χ1v) is 7.89. The Morgan fingerprint density at radius 3 is 1.19 bits per heavy atom. The van der Waals surface area contributed by atoms with Crippen molar-refractivity contribution >= 4 is 49.7 Å². The van der Waals surface area contributed by atoms with Crippen molar-refractivity contribution in [2.24, 2.45) is 11.8 Å². The molecule has 0 saturated heterocycles. The number of unbranched alkanes of at least 4 members (excludes halogenated alkanes) is 2. The van der Waals surface area contributed by atoms with Crippen LogP contribution in [0.25, 0.3) is 0 Å². The second kappa shape index (κ2) is 18.2. The molecule has 2 atom stereocenters. The summed E-state index contributed by atoms with van der Waals surface area (Å²) in [6.45, 7) is 8.01. The summed E-state index contributed by atoms with van der Waals surface area (Å²) in [4.78, 5) is 20.9. The summed E-state index contributed by atoms with van der Waals surface area (Å²) in [6, 6.07) is 0. The predicted octanol–water partition coefficient (Wildman–Crippen LogP) is 4.19. The normalized spacial score (nSPS) is 12.4. The van der Waals surface area contributed by atoms with Crippen LogP contribution in [0.15, 0.2) is 0 Å². The summed E-state index contributed by atoms with van der Waals surface area (Å²) in [5, 5.41) is 17.2. The number of rotatable bonds is 10. The average Bonchev–Trinajstić information content (AvgIpc) is 2.40. The van der Waals surface area contributed by atoms with Gasteiger partial charge in [0.15, 0.2) is 0 Å². The number of carbonyl (C=O) groups is 2. The Bertz CT molecular complexity index is 231. The molecule has 0 rings (SSSR count). The maximum absolute atomic E-state index is 10.4. The Kier molecular flexibility index (Phi) is 22.7. The molecule has 0 fully saturated rings. The molecule has 0 amide bonds. The molecule has 0 spiro atoms. The quantitative estimate of drug-likeness (QED) is 0.590. The average molecular weight is 329 g/mol. The van der Waals surface area contributed by atoms with Crippen molar-refractivity contribution in [1.29, 1.82) is 0 Å². The number of carboxylic acids is 2. The van der Waals surface area contributed by atoms with E-state index in [9.17, 15) is 9.59 Å². The smallest absolute Gasteiger partial charge is 0.306 e. The van der Waals surface area contributed by atoms with E-state index in [1.807, 2.05) is 13.8 Å². The summed E-state index contributed by atoms with van der Waals surface area (Å²) in [5.74, 6) is -1.51. The molecule has 122 valence electrons. The summed E-state index contributed by atoms with van der Waals surface area (Å²) in [5.41, 5.74) is 0. The summed E-state index contributed by atoms with van der Waals surface area (Å²) in [7, 11) is 0. The van der Waals surface area contributed by atoms with E-state index < -0.39 is 11.9 Å². The van der Waals surface area contributed by atoms with Crippen molar-refractivity contribution in [3.8, 4) is 0 Å². The molecule has 0 aliphatic rings. The zero-order valence-electron chi connectivity index (χ0n) is 14.2. The van der Waals surface area contributed by atoms with Gasteiger partial charge in [0.25, 0.3) is 0 Å². The van der Waals surface area contributed by atoms with E-state index in [1.54, 1.807) is 0 Å². The number of carboxylic acid groups (broad SMARTS) is 2. The zero-order chi connectivity index (χ0) is 16.0. The minimum absolute atomic E-state index is 0. The van der Waals surface area contributed by atoms with Gasteiger partial charge in [-0.3, -0.25) is 9.59 Å². The third-order valence-corrected chi connectivity index (χ3v) is 3.50. The number of aliphatic carboxylic acids is 2. The van der Waals surface area contributed by atoms with Crippen molar-refractivity contribution in [3.05, 3.63) is 0 Å². The minimum Gasteiger partial charge on any atom is -0.481 e. The molecule has 0 aromatic rings. The Morgan fingerprint density at radius 2 is 1.05 bits per heavy atom. The SMILES string of the molecule is CCCCC(CC)C(=O)O.CCCCC(CC)C(=O)O.[Ca]. The third kappa shape index (κ3) is 16.4. The van der Waals surface area contributed by atoms with Crippen LogP contribution in [0, 0.1) is 11.8 Å². The fourth-order valence-electron chi connectivity index (χ4n) is 1.91. The topological polar surface area (TPSA) is 74.6 Å². The second-order valence-electron chi connectivity index (χ2n) is 5.17. The van der Waals surface area contributed by atoms with Crippen molar-refractivity contribution in [1.82, 2.24) is 0 Å². The first-order valence-electron chi connectivity index (χ1n) is 7.89. The van der Waals surface area contributed by atoms with Crippen molar-refractivity contribution < 1.29 is 19.8 Å². The Labute approximate surface area is 159 Å². The van der Waals surface area contributed by atoms with Gasteiger partial charge in [0.05, 0.1) is 11.8 Å². The van der Waals surface area contributed by atoms with Gasteiger partial charge in [0, 0.05) is 37.7 Å². The maximum atomic E-state index is 10.4. The van der Waals surface area contributed by atoms with E-state index in [4.69, 9.17) is 10.2 Å². The first-order chi connectivity index (χ1) is 9.44. The van der Waals surface area contributed by atoms with Crippen LogP contribution >= 0.6 is 0 Å². The van der Waals surface area contributed by atoms with Crippen LogP contribution in [-0.2, 0) is 9.59 Å². The van der Waals surface area contributed by atoms with Crippen LogP contribution in [0.2, 0.25) is 0 Å². The van der Waals surface area contributed by atoms with Crippen molar-refractivity contribution in [2.75, 3.05) is 0 Å². The Balaban J connectivity index is -0.000000295. The molecule has 2 N–H and O–H groups in total. The summed E-state index contributed by atoms with van der Waals surface area (Å²) < 4.78 is 0. The minimum atomic E-state index is -0.643. The van der Waals surface area contributed by atoms with Gasteiger partial charge in [0.1, 0.15) is 0 Å². The standard InChI is InChI=1S/2C8H16O2.Ca/c2*1-3-5-6-7(4-2)8(9)10;/h2*7H,3-6H2,1-2H3,(H,9,10);. The molecule has 0 saturated carbocycles. The Morgan fingerprint density at radius 1 is 0.762 bits per heavy atom. The van der Waals surface area contributed by atoms with Gasteiger partial charge in [-0.05, 0) is 25.7 Å². The molecular weight excluding hydrogens is 296 g/mol. The van der Waals surface area contributed by atoms with E-state index in [2.05, 4.69) is 13.8 Å². The zero-order valence-corrected chi connectivity index (χ0v) is 16.4. The van der Waals surface area contributed by atoms with Gasteiger partial charge in [-0.25, -0.2) is 0 Å². The van der Waals surface area contributed by atoms with Crippen molar-refractivity contribution in [3.63, 3.8) is 0 Å². The first kappa shape index (κ1) is 26.1. The molecule has 0 heterocycles. The van der Waals surface area contributed by atoms with Crippen LogP contribution in [0.1, 0.15) is 79.1 Å². The molecule has 2 radical (unpaired) electrons. The van der Waals surface area contributed by atoms with Gasteiger partial charge in [0.2, 0.25) is 0 Å². The molecule has 2 unspecified atom stereocenters. The van der Waals surface area contributed by atoms with Gasteiger partial charge < -0.3 is 10.2 Å². The van der Waals surface area contributed by atoms with Gasteiger partial charge >= 0.3 is 11.9 Å². The van der Waals surface area contributed by atoms with Crippen LogP contribution in [0.5, 0.6) is 0 Å². The molecule has 5 heteroatoms. The van der Waals surface area contributed by atoms with Crippen LogP contribution in [0.4, 0.5) is 0 Å². The summed E-state index contributed by atoms with van der Waals surface area (Å²) in [6.07, 6.45) is 7.43. The van der Waals surface area contributed by atoms with E-state index in [0.717, 1.165) is 51.4 Å². The fraction of sp³-hybridized carbons (Fsp3) is 0.875. The molecular formula is C16H32CaO4. The Hall–Kier alpha value is 0.200. The van der Waals surface area contributed by atoms with E-state index >= 15 is 0 Å². The van der Waals surface area contributed by atoms with Crippen molar-refractivity contribution in [2.45, 2.75) is 79.1 Å². The molecule has 0 aromatic carbocycles. The largest absolute Gasteiger partial charge is 0.481 e. The van der Waals surface area contributed by atoms with E-state index in [-0.39, 0.29) is 49.6 Å². The molecule has 0 aromatic heterocycles. The molecule has 21 heavy (non-hydrogen) atoms. The second-order valence-corrected chi connectivity index (χ2v) is 5.17. The van der Waals surface area contributed by atoms with Crippen LogP contribution in [0.3, 0.4) is 0 Å². The molecule has 0 aliphatic carbocycles. The number of hydrogen-bond donors (Lipinski definition) is 2. The molecule has 0 aliphatic heterocycles. The fourth-order valence-corrected chi connectivity index (χ4v) is 1.91. The van der Waals surface area contributed by atoms with E-state index in [0.29, 0.717) is 0 Å². The molecule has 0 bridgehead atoms. The monoisotopic (exact) mass is 328 g/mol.